The molecule has 0 aromatic heterocycles. The summed E-state index contributed by atoms with van der Waals surface area (Å²) in [5.41, 5.74) is 2.69. The fourth-order valence-electron chi connectivity index (χ4n) is 2.62. The average molecular weight is 247 g/mol. The van der Waals surface area contributed by atoms with E-state index in [0.29, 0.717) is 5.92 Å². The Morgan fingerprint density at radius 2 is 1.83 bits per heavy atom. The van der Waals surface area contributed by atoms with Crippen molar-refractivity contribution in [2.24, 2.45) is 0 Å². The third-order valence-electron chi connectivity index (χ3n) is 3.94. The molecule has 1 aliphatic carbocycles. The van der Waals surface area contributed by atoms with Crippen LogP contribution in [0.1, 0.15) is 56.6 Å². The minimum absolute atomic E-state index is 0.159. The molecule has 2 rings (SSSR count). The standard InChI is InChI=1S/C16H25NO/c1-12(2)14-9-7-13(8-10-14)11-17-15-5-3-4-6-16(15)18/h7-10,12,15-18H,3-6,11H2,1-2H3. The van der Waals surface area contributed by atoms with Crippen LogP contribution >= 0.6 is 0 Å². The molecule has 0 bridgehead atoms. The Morgan fingerprint density at radius 1 is 1.17 bits per heavy atom. The summed E-state index contributed by atoms with van der Waals surface area (Å²) in [6, 6.07) is 9.08. The van der Waals surface area contributed by atoms with Gasteiger partial charge in [0.1, 0.15) is 0 Å². The molecule has 0 amide bonds. The average Bonchev–Trinajstić information content (AvgIpc) is 2.38. The van der Waals surface area contributed by atoms with E-state index >= 15 is 0 Å². The van der Waals surface area contributed by atoms with Crippen LogP contribution < -0.4 is 5.32 Å². The molecule has 0 radical (unpaired) electrons. The lowest BCUT2D eigenvalue weighted by Crippen LogP contribution is -2.41. The van der Waals surface area contributed by atoms with Crippen molar-refractivity contribution in [1.82, 2.24) is 5.32 Å². The van der Waals surface area contributed by atoms with E-state index in [1.807, 2.05) is 0 Å². The zero-order valence-corrected chi connectivity index (χ0v) is 11.5. The molecule has 2 nitrogen and oxygen atoms in total. The quantitative estimate of drug-likeness (QED) is 0.856. The topological polar surface area (TPSA) is 32.3 Å². The van der Waals surface area contributed by atoms with Crippen LogP contribution in [-0.2, 0) is 6.54 Å². The molecule has 2 N–H and O–H groups in total. The number of aliphatic hydroxyl groups excluding tert-OH is 1. The van der Waals surface area contributed by atoms with Gasteiger partial charge in [0, 0.05) is 12.6 Å². The van der Waals surface area contributed by atoms with Gasteiger partial charge in [-0.05, 0) is 29.9 Å². The number of hydrogen-bond donors (Lipinski definition) is 2. The minimum Gasteiger partial charge on any atom is -0.392 e. The predicted octanol–water partition coefficient (Wildman–Crippen LogP) is 3.20. The number of benzene rings is 1. The first-order valence-corrected chi connectivity index (χ1v) is 7.17. The largest absolute Gasteiger partial charge is 0.392 e. The minimum atomic E-state index is -0.159. The fourth-order valence-corrected chi connectivity index (χ4v) is 2.62. The van der Waals surface area contributed by atoms with Gasteiger partial charge in [-0.2, -0.15) is 0 Å². The second-order valence-corrected chi connectivity index (χ2v) is 5.74. The van der Waals surface area contributed by atoms with Gasteiger partial charge in [0.05, 0.1) is 6.10 Å². The Labute approximate surface area is 110 Å². The zero-order chi connectivity index (χ0) is 13.0. The first kappa shape index (κ1) is 13.6. The van der Waals surface area contributed by atoms with E-state index in [1.54, 1.807) is 0 Å². The third kappa shape index (κ3) is 3.56. The summed E-state index contributed by atoms with van der Waals surface area (Å²) in [6.45, 7) is 5.29. The molecule has 0 saturated heterocycles. The Balaban J connectivity index is 1.85. The van der Waals surface area contributed by atoms with Gasteiger partial charge in [0.15, 0.2) is 0 Å². The van der Waals surface area contributed by atoms with Crippen molar-refractivity contribution in [1.29, 1.82) is 0 Å². The second kappa shape index (κ2) is 6.35. The van der Waals surface area contributed by atoms with E-state index < -0.39 is 0 Å². The number of rotatable bonds is 4. The lowest BCUT2D eigenvalue weighted by molar-refractivity contribution is 0.0902. The normalized spacial score (nSPS) is 24.4. The van der Waals surface area contributed by atoms with Crippen LogP contribution in [0.2, 0.25) is 0 Å². The van der Waals surface area contributed by atoms with E-state index in [-0.39, 0.29) is 12.1 Å². The molecule has 1 aromatic rings. The Morgan fingerprint density at radius 3 is 2.44 bits per heavy atom. The Bertz CT molecular complexity index is 358. The smallest absolute Gasteiger partial charge is 0.0693 e. The molecule has 0 spiro atoms. The van der Waals surface area contributed by atoms with Gasteiger partial charge in [-0.15, -0.1) is 0 Å². The van der Waals surface area contributed by atoms with Crippen LogP contribution in [0.4, 0.5) is 0 Å². The van der Waals surface area contributed by atoms with Crippen molar-refractivity contribution in [2.45, 2.75) is 64.1 Å². The van der Waals surface area contributed by atoms with Crippen LogP contribution in [0, 0.1) is 0 Å². The predicted molar refractivity (Wildman–Crippen MR) is 75.6 cm³/mol. The molecular formula is C16H25NO. The highest BCUT2D eigenvalue weighted by atomic mass is 16.3. The lowest BCUT2D eigenvalue weighted by Gasteiger charge is -2.28. The van der Waals surface area contributed by atoms with Crippen LogP contribution in [0.5, 0.6) is 0 Å². The Kier molecular flexibility index (Phi) is 4.79. The Hall–Kier alpha value is -0.860. The van der Waals surface area contributed by atoms with Gasteiger partial charge >= 0.3 is 0 Å². The van der Waals surface area contributed by atoms with Gasteiger partial charge in [-0.1, -0.05) is 51.0 Å². The molecule has 1 fully saturated rings. The highest BCUT2D eigenvalue weighted by Crippen LogP contribution is 2.19. The first-order chi connectivity index (χ1) is 8.66. The molecule has 1 aliphatic rings. The summed E-state index contributed by atoms with van der Waals surface area (Å²) in [5, 5.41) is 13.4. The molecule has 1 aromatic carbocycles. The number of nitrogens with one attached hydrogen (secondary N) is 1. The molecule has 0 heterocycles. The van der Waals surface area contributed by atoms with Gasteiger partial charge < -0.3 is 10.4 Å². The lowest BCUT2D eigenvalue weighted by atomic mass is 9.92. The summed E-state index contributed by atoms with van der Waals surface area (Å²) >= 11 is 0. The van der Waals surface area contributed by atoms with Crippen molar-refractivity contribution < 1.29 is 5.11 Å². The number of aliphatic hydroxyl groups is 1. The van der Waals surface area contributed by atoms with Gasteiger partial charge in [0.25, 0.3) is 0 Å². The van der Waals surface area contributed by atoms with Gasteiger partial charge in [-0.3, -0.25) is 0 Å². The third-order valence-corrected chi connectivity index (χ3v) is 3.94. The SMILES string of the molecule is CC(C)c1ccc(CNC2CCCCC2O)cc1. The van der Waals surface area contributed by atoms with Crippen molar-refractivity contribution in [3.8, 4) is 0 Å². The van der Waals surface area contributed by atoms with Crippen LogP contribution in [0.3, 0.4) is 0 Å². The van der Waals surface area contributed by atoms with Gasteiger partial charge in [0.2, 0.25) is 0 Å². The molecule has 18 heavy (non-hydrogen) atoms. The molecule has 100 valence electrons. The first-order valence-electron chi connectivity index (χ1n) is 7.17. The maximum atomic E-state index is 9.90. The second-order valence-electron chi connectivity index (χ2n) is 5.74. The van der Waals surface area contributed by atoms with Gasteiger partial charge in [-0.25, -0.2) is 0 Å². The van der Waals surface area contributed by atoms with Crippen LogP contribution in [-0.4, -0.2) is 17.3 Å². The van der Waals surface area contributed by atoms with Crippen LogP contribution in [0.25, 0.3) is 0 Å². The fraction of sp³-hybridized carbons (Fsp3) is 0.625. The zero-order valence-electron chi connectivity index (χ0n) is 11.5. The molecular weight excluding hydrogens is 222 g/mol. The monoisotopic (exact) mass is 247 g/mol. The maximum Gasteiger partial charge on any atom is 0.0693 e. The summed E-state index contributed by atoms with van der Waals surface area (Å²) in [4.78, 5) is 0. The van der Waals surface area contributed by atoms with Crippen molar-refractivity contribution in [3.63, 3.8) is 0 Å². The molecule has 2 unspecified atom stereocenters. The summed E-state index contributed by atoms with van der Waals surface area (Å²) in [5.74, 6) is 0.590. The highest BCUT2D eigenvalue weighted by molar-refractivity contribution is 5.24. The summed E-state index contributed by atoms with van der Waals surface area (Å²) in [6.07, 6.45) is 4.30. The van der Waals surface area contributed by atoms with Crippen molar-refractivity contribution in [3.05, 3.63) is 35.4 Å². The van der Waals surface area contributed by atoms with E-state index in [1.165, 1.54) is 24.0 Å². The molecule has 2 atom stereocenters. The van der Waals surface area contributed by atoms with E-state index in [4.69, 9.17) is 0 Å². The van der Waals surface area contributed by atoms with E-state index in [0.717, 1.165) is 19.4 Å². The number of hydrogen-bond acceptors (Lipinski definition) is 2. The van der Waals surface area contributed by atoms with E-state index in [2.05, 4.69) is 43.4 Å². The van der Waals surface area contributed by atoms with E-state index in [9.17, 15) is 5.11 Å². The van der Waals surface area contributed by atoms with Crippen molar-refractivity contribution >= 4 is 0 Å². The van der Waals surface area contributed by atoms with Crippen molar-refractivity contribution in [2.75, 3.05) is 0 Å². The molecule has 0 aliphatic heterocycles. The summed E-state index contributed by atoms with van der Waals surface area (Å²) < 4.78 is 0. The molecule has 2 heteroatoms. The van der Waals surface area contributed by atoms with Crippen LogP contribution in [0.15, 0.2) is 24.3 Å². The summed E-state index contributed by atoms with van der Waals surface area (Å²) in [7, 11) is 0. The molecule has 1 saturated carbocycles. The highest BCUT2D eigenvalue weighted by Gasteiger charge is 2.21. The maximum absolute atomic E-state index is 9.90.